The van der Waals surface area contributed by atoms with Crippen LogP contribution in [0.2, 0.25) is 0 Å². The number of thiocarbonyl (C=S) groups is 1. The number of hydrogen-bond donors (Lipinski definition) is 1. The molecule has 0 aromatic heterocycles. The molecule has 0 spiro atoms. The number of benzene rings is 1. The van der Waals surface area contributed by atoms with Crippen LogP contribution in [0.5, 0.6) is 0 Å². The van der Waals surface area contributed by atoms with Gasteiger partial charge in [0, 0.05) is 35.8 Å². The SMILES string of the molecule is CSc1cccc(N(C)CC2CCCN2C)c1C(N)=S. The summed E-state index contributed by atoms with van der Waals surface area (Å²) in [5.74, 6) is 0. The molecule has 1 heterocycles. The fourth-order valence-electron chi connectivity index (χ4n) is 2.88. The summed E-state index contributed by atoms with van der Waals surface area (Å²) >= 11 is 6.95. The van der Waals surface area contributed by atoms with E-state index in [2.05, 4.69) is 48.4 Å². The van der Waals surface area contributed by atoms with Gasteiger partial charge in [0.05, 0.1) is 0 Å². The van der Waals surface area contributed by atoms with Crippen LogP contribution in [-0.2, 0) is 0 Å². The lowest BCUT2D eigenvalue weighted by atomic mass is 10.1. The number of hydrogen-bond acceptors (Lipinski definition) is 4. The molecule has 20 heavy (non-hydrogen) atoms. The molecule has 1 fully saturated rings. The molecule has 3 nitrogen and oxygen atoms in total. The second-order valence-corrected chi connectivity index (χ2v) is 6.66. The summed E-state index contributed by atoms with van der Waals surface area (Å²) in [7, 11) is 4.34. The van der Waals surface area contributed by atoms with Gasteiger partial charge in [0.2, 0.25) is 0 Å². The summed E-state index contributed by atoms with van der Waals surface area (Å²) in [6.45, 7) is 2.22. The van der Waals surface area contributed by atoms with E-state index in [1.165, 1.54) is 19.4 Å². The first-order valence-electron chi connectivity index (χ1n) is 6.92. The Morgan fingerprint density at radius 2 is 2.30 bits per heavy atom. The zero-order valence-electron chi connectivity index (χ0n) is 12.4. The lowest BCUT2D eigenvalue weighted by Gasteiger charge is -2.29. The molecule has 0 saturated carbocycles. The Bertz CT molecular complexity index is 490. The van der Waals surface area contributed by atoms with Crippen LogP contribution >= 0.6 is 24.0 Å². The minimum Gasteiger partial charge on any atom is -0.389 e. The third kappa shape index (κ3) is 3.27. The van der Waals surface area contributed by atoms with Crippen LogP contribution in [0.15, 0.2) is 23.1 Å². The van der Waals surface area contributed by atoms with Gasteiger partial charge >= 0.3 is 0 Å². The molecule has 0 radical (unpaired) electrons. The third-order valence-corrected chi connectivity index (χ3v) is 5.02. The van der Waals surface area contributed by atoms with E-state index in [9.17, 15) is 0 Å². The van der Waals surface area contributed by atoms with Gasteiger partial charge in [0.15, 0.2) is 0 Å². The normalized spacial score (nSPS) is 19.2. The van der Waals surface area contributed by atoms with E-state index in [1.807, 2.05) is 0 Å². The average Bonchev–Trinajstić information content (AvgIpc) is 2.83. The minimum atomic E-state index is 0.483. The fourth-order valence-corrected chi connectivity index (χ4v) is 3.79. The topological polar surface area (TPSA) is 32.5 Å². The molecule has 1 aliphatic heterocycles. The Morgan fingerprint density at radius 3 is 2.85 bits per heavy atom. The van der Waals surface area contributed by atoms with Gasteiger partial charge in [-0.3, -0.25) is 0 Å². The van der Waals surface area contributed by atoms with E-state index in [-0.39, 0.29) is 0 Å². The Balaban J connectivity index is 2.24. The predicted octanol–water partition coefficient (Wildman–Crippen LogP) is 2.57. The molecule has 0 bridgehead atoms. The zero-order valence-corrected chi connectivity index (χ0v) is 14.1. The van der Waals surface area contributed by atoms with Crippen LogP contribution in [0, 0.1) is 0 Å². The quantitative estimate of drug-likeness (QED) is 0.668. The summed E-state index contributed by atoms with van der Waals surface area (Å²) in [6, 6.07) is 6.90. The van der Waals surface area contributed by atoms with Gasteiger partial charge in [0.25, 0.3) is 0 Å². The van der Waals surface area contributed by atoms with Crippen molar-refractivity contribution in [2.24, 2.45) is 5.73 Å². The highest BCUT2D eigenvalue weighted by Crippen LogP contribution is 2.30. The first kappa shape index (κ1) is 15.6. The van der Waals surface area contributed by atoms with Gasteiger partial charge in [-0.15, -0.1) is 11.8 Å². The van der Waals surface area contributed by atoms with Gasteiger partial charge in [-0.05, 0) is 44.8 Å². The Labute approximate surface area is 131 Å². The highest BCUT2D eigenvalue weighted by atomic mass is 32.2. The van der Waals surface area contributed by atoms with Gasteiger partial charge < -0.3 is 15.5 Å². The summed E-state index contributed by atoms with van der Waals surface area (Å²) in [5.41, 5.74) is 8.10. The summed E-state index contributed by atoms with van der Waals surface area (Å²) in [6.07, 6.45) is 4.62. The van der Waals surface area contributed by atoms with Crippen LogP contribution in [-0.4, -0.2) is 49.4 Å². The number of nitrogens with zero attached hydrogens (tertiary/aromatic N) is 2. The maximum atomic E-state index is 5.95. The van der Waals surface area contributed by atoms with Crippen molar-refractivity contribution in [3.05, 3.63) is 23.8 Å². The molecule has 1 aromatic carbocycles. The predicted molar refractivity (Wildman–Crippen MR) is 93.0 cm³/mol. The van der Waals surface area contributed by atoms with E-state index in [1.54, 1.807) is 11.8 Å². The van der Waals surface area contributed by atoms with E-state index in [0.29, 0.717) is 11.0 Å². The molecule has 1 saturated heterocycles. The molecule has 1 aromatic rings. The van der Waals surface area contributed by atoms with Crippen LogP contribution in [0.4, 0.5) is 5.69 Å². The van der Waals surface area contributed by atoms with Crippen molar-refractivity contribution in [3.8, 4) is 0 Å². The summed E-state index contributed by atoms with van der Waals surface area (Å²) in [5, 5.41) is 0. The average molecular weight is 310 g/mol. The molecule has 0 aliphatic carbocycles. The van der Waals surface area contributed by atoms with Gasteiger partial charge in [-0.1, -0.05) is 18.3 Å². The van der Waals surface area contributed by atoms with E-state index in [4.69, 9.17) is 18.0 Å². The molecule has 2 rings (SSSR count). The number of rotatable bonds is 5. The minimum absolute atomic E-state index is 0.483. The molecule has 2 N–H and O–H groups in total. The van der Waals surface area contributed by atoms with Gasteiger partial charge in [-0.25, -0.2) is 0 Å². The standard InChI is InChI=1S/C15H23N3S2/c1-17-9-5-6-11(17)10-18(2)12-7-4-8-13(20-3)14(12)15(16)19/h4,7-8,11H,5-6,9-10H2,1-3H3,(H2,16,19). The van der Waals surface area contributed by atoms with Crippen molar-refractivity contribution < 1.29 is 0 Å². The highest BCUT2D eigenvalue weighted by Gasteiger charge is 2.23. The number of anilines is 1. The molecule has 1 aliphatic rings. The second-order valence-electron chi connectivity index (χ2n) is 5.38. The molecular formula is C15H23N3S2. The third-order valence-electron chi connectivity index (χ3n) is 4.04. The molecule has 1 atom stereocenters. The Kier molecular flexibility index (Phi) is 5.29. The number of nitrogens with two attached hydrogens (primary N) is 1. The van der Waals surface area contributed by atoms with Crippen LogP contribution < -0.4 is 10.6 Å². The summed E-state index contributed by atoms with van der Waals surface area (Å²) in [4.78, 5) is 6.37. The van der Waals surface area contributed by atoms with Crippen LogP contribution in [0.25, 0.3) is 0 Å². The number of likely N-dealkylation sites (tertiary alicyclic amines) is 1. The van der Waals surface area contributed by atoms with Crippen LogP contribution in [0.3, 0.4) is 0 Å². The van der Waals surface area contributed by atoms with Crippen molar-refractivity contribution in [1.82, 2.24) is 4.90 Å². The van der Waals surface area contributed by atoms with Crippen molar-refractivity contribution >= 4 is 34.7 Å². The highest BCUT2D eigenvalue weighted by molar-refractivity contribution is 7.98. The molecule has 110 valence electrons. The van der Waals surface area contributed by atoms with Crippen molar-refractivity contribution in [2.75, 3.05) is 38.3 Å². The molecule has 1 unspecified atom stereocenters. The van der Waals surface area contributed by atoms with Crippen molar-refractivity contribution in [3.63, 3.8) is 0 Å². The number of thioether (sulfide) groups is 1. The number of likely N-dealkylation sites (N-methyl/N-ethyl adjacent to an activating group) is 2. The van der Waals surface area contributed by atoms with Crippen molar-refractivity contribution in [1.29, 1.82) is 0 Å². The smallest absolute Gasteiger partial charge is 0.107 e. The van der Waals surface area contributed by atoms with Gasteiger partial charge in [-0.2, -0.15) is 0 Å². The maximum Gasteiger partial charge on any atom is 0.107 e. The summed E-state index contributed by atoms with van der Waals surface area (Å²) < 4.78 is 0. The van der Waals surface area contributed by atoms with E-state index in [0.717, 1.165) is 22.7 Å². The molecular weight excluding hydrogens is 286 g/mol. The van der Waals surface area contributed by atoms with Gasteiger partial charge in [0.1, 0.15) is 4.99 Å². The first-order valence-corrected chi connectivity index (χ1v) is 8.56. The largest absolute Gasteiger partial charge is 0.389 e. The monoisotopic (exact) mass is 309 g/mol. The van der Waals surface area contributed by atoms with E-state index >= 15 is 0 Å². The fraction of sp³-hybridized carbons (Fsp3) is 0.533. The lowest BCUT2D eigenvalue weighted by Crippen LogP contribution is -2.37. The Hall–Kier alpha value is -0.780. The van der Waals surface area contributed by atoms with E-state index < -0.39 is 0 Å². The maximum absolute atomic E-state index is 5.95. The first-order chi connectivity index (χ1) is 9.54. The van der Waals surface area contributed by atoms with Crippen molar-refractivity contribution in [2.45, 2.75) is 23.8 Å². The Morgan fingerprint density at radius 1 is 1.55 bits per heavy atom. The van der Waals surface area contributed by atoms with Crippen LogP contribution in [0.1, 0.15) is 18.4 Å². The zero-order chi connectivity index (χ0) is 14.7. The molecule has 0 amide bonds. The lowest BCUT2D eigenvalue weighted by molar-refractivity contribution is 0.314. The second kappa shape index (κ2) is 6.78. The molecule has 5 heteroatoms.